The highest BCUT2D eigenvalue weighted by atomic mass is 16.6. The highest BCUT2D eigenvalue weighted by Crippen LogP contribution is 2.44. The number of aliphatic carboxylic acids is 1. The number of carbonyl (C=O) groups is 3. The van der Waals surface area contributed by atoms with Crippen LogP contribution in [0, 0.1) is 27.9 Å². The van der Waals surface area contributed by atoms with Gasteiger partial charge in [0.25, 0.3) is 11.6 Å². The lowest BCUT2D eigenvalue weighted by Crippen LogP contribution is -2.33. The zero-order chi connectivity index (χ0) is 19.6. The molecular formula is C18H21N3O6. The minimum Gasteiger partial charge on any atom is -0.481 e. The van der Waals surface area contributed by atoms with Crippen molar-refractivity contribution in [2.45, 2.75) is 19.3 Å². The number of benzene rings is 1. The molecule has 2 amide bonds. The van der Waals surface area contributed by atoms with Gasteiger partial charge in [0.15, 0.2) is 0 Å². The van der Waals surface area contributed by atoms with Crippen molar-refractivity contribution in [1.29, 1.82) is 0 Å². The van der Waals surface area contributed by atoms with Crippen molar-refractivity contribution in [3.63, 3.8) is 0 Å². The van der Waals surface area contributed by atoms with E-state index in [0.717, 1.165) is 12.8 Å². The van der Waals surface area contributed by atoms with E-state index in [0.29, 0.717) is 12.5 Å². The minimum absolute atomic E-state index is 0.0288. The van der Waals surface area contributed by atoms with Gasteiger partial charge in [-0.25, -0.2) is 0 Å². The smallest absolute Gasteiger partial charge is 0.308 e. The monoisotopic (exact) mass is 375 g/mol. The second kappa shape index (κ2) is 7.73. The van der Waals surface area contributed by atoms with Crippen LogP contribution in [0.1, 0.15) is 29.6 Å². The van der Waals surface area contributed by atoms with Crippen LogP contribution in [0.2, 0.25) is 0 Å². The molecule has 1 aliphatic carbocycles. The second-order valence-electron chi connectivity index (χ2n) is 7.05. The van der Waals surface area contributed by atoms with E-state index in [2.05, 4.69) is 5.32 Å². The standard InChI is InChI=1S/C18H21N3O6/c22-16(20-9-14(11-1-2-11)15(10-20)18(24)25)7-8-19-17(23)12-3-5-13(6-4-12)21(26)27/h3-6,11,14-15H,1-2,7-10H2,(H,19,23)(H,24,25)/t14-,15+/m1/s1. The first kappa shape index (κ1) is 18.8. The van der Waals surface area contributed by atoms with Gasteiger partial charge in [-0.2, -0.15) is 0 Å². The highest BCUT2D eigenvalue weighted by Gasteiger charge is 2.46. The Morgan fingerprint density at radius 2 is 1.85 bits per heavy atom. The topological polar surface area (TPSA) is 130 Å². The molecule has 1 aromatic carbocycles. The summed E-state index contributed by atoms with van der Waals surface area (Å²) in [4.78, 5) is 47.4. The molecule has 1 heterocycles. The fourth-order valence-corrected chi connectivity index (χ4v) is 3.57. The largest absolute Gasteiger partial charge is 0.481 e. The first-order valence-electron chi connectivity index (χ1n) is 8.90. The van der Waals surface area contributed by atoms with E-state index in [1.54, 1.807) is 4.90 Å². The summed E-state index contributed by atoms with van der Waals surface area (Å²) in [6.45, 7) is 0.819. The van der Waals surface area contributed by atoms with Gasteiger partial charge in [0.2, 0.25) is 5.91 Å². The predicted molar refractivity (Wildman–Crippen MR) is 94.0 cm³/mol. The van der Waals surface area contributed by atoms with Crippen LogP contribution in [0.5, 0.6) is 0 Å². The molecule has 27 heavy (non-hydrogen) atoms. The molecule has 0 unspecified atom stereocenters. The quantitative estimate of drug-likeness (QED) is 0.545. The Labute approximate surface area is 155 Å². The molecular weight excluding hydrogens is 354 g/mol. The summed E-state index contributed by atoms with van der Waals surface area (Å²) in [5.41, 5.74) is 0.169. The molecule has 9 heteroatoms. The minimum atomic E-state index is -0.853. The molecule has 9 nitrogen and oxygen atoms in total. The van der Waals surface area contributed by atoms with E-state index in [1.807, 2.05) is 0 Å². The third-order valence-corrected chi connectivity index (χ3v) is 5.23. The number of nitrogens with zero attached hydrogens (tertiary/aromatic N) is 2. The number of amides is 2. The number of hydrogen-bond donors (Lipinski definition) is 2. The molecule has 1 saturated heterocycles. The van der Waals surface area contributed by atoms with Gasteiger partial charge in [0, 0.05) is 43.8 Å². The van der Waals surface area contributed by atoms with Crippen molar-refractivity contribution < 1.29 is 24.4 Å². The van der Waals surface area contributed by atoms with Crippen LogP contribution in [0.4, 0.5) is 5.69 Å². The van der Waals surface area contributed by atoms with Gasteiger partial charge in [0.1, 0.15) is 0 Å². The molecule has 2 N–H and O–H groups in total. The van der Waals surface area contributed by atoms with Crippen molar-refractivity contribution in [3.8, 4) is 0 Å². The SMILES string of the molecule is O=C(NCCC(=O)N1C[C@H](C(=O)O)[C@@H](C2CC2)C1)c1ccc([N+](=O)[O-])cc1. The summed E-state index contributed by atoms with van der Waals surface area (Å²) in [6, 6.07) is 5.20. The molecule has 1 aliphatic heterocycles. The summed E-state index contributed by atoms with van der Waals surface area (Å²) in [5.74, 6) is -1.51. The van der Waals surface area contributed by atoms with Crippen molar-refractivity contribution >= 4 is 23.5 Å². The van der Waals surface area contributed by atoms with Crippen LogP contribution >= 0.6 is 0 Å². The molecule has 0 radical (unpaired) electrons. The van der Waals surface area contributed by atoms with E-state index in [1.165, 1.54) is 24.3 Å². The summed E-state index contributed by atoms with van der Waals surface area (Å²) in [6.07, 6.45) is 2.14. The number of nitrogens with one attached hydrogen (secondary N) is 1. The Morgan fingerprint density at radius 1 is 1.19 bits per heavy atom. The first-order valence-corrected chi connectivity index (χ1v) is 8.90. The normalized spacial score (nSPS) is 21.7. The third-order valence-electron chi connectivity index (χ3n) is 5.23. The van der Waals surface area contributed by atoms with Crippen LogP contribution < -0.4 is 5.32 Å². The Hall–Kier alpha value is -2.97. The maximum atomic E-state index is 12.3. The molecule has 0 spiro atoms. The molecule has 144 valence electrons. The van der Waals surface area contributed by atoms with Gasteiger partial charge in [0.05, 0.1) is 10.8 Å². The van der Waals surface area contributed by atoms with Gasteiger partial charge < -0.3 is 15.3 Å². The lowest BCUT2D eigenvalue weighted by molar-refractivity contribution is -0.384. The fourth-order valence-electron chi connectivity index (χ4n) is 3.57. The van der Waals surface area contributed by atoms with Crippen LogP contribution in [0.3, 0.4) is 0 Å². The number of carboxylic acid groups (broad SMARTS) is 1. The number of hydrogen-bond acceptors (Lipinski definition) is 5. The van der Waals surface area contributed by atoms with Gasteiger partial charge in [-0.1, -0.05) is 0 Å². The number of likely N-dealkylation sites (tertiary alicyclic amines) is 1. The van der Waals surface area contributed by atoms with Crippen molar-refractivity contribution in [2.75, 3.05) is 19.6 Å². The Morgan fingerprint density at radius 3 is 2.41 bits per heavy atom. The van der Waals surface area contributed by atoms with E-state index < -0.39 is 22.7 Å². The van der Waals surface area contributed by atoms with Crippen LogP contribution in [-0.2, 0) is 9.59 Å². The maximum Gasteiger partial charge on any atom is 0.308 e. The van der Waals surface area contributed by atoms with Crippen LogP contribution in [0.25, 0.3) is 0 Å². The number of non-ortho nitro benzene ring substituents is 1. The van der Waals surface area contributed by atoms with Gasteiger partial charge in [-0.3, -0.25) is 24.5 Å². The number of carboxylic acids is 1. The van der Waals surface area contributed by atoms with Gasteiger partial charge in [-0.05, 0) is 36.8 Å². The Bertz CT molecular complexity index is 759. The predicted octanol–water partition coefficient (Wildman–Crippen LogP) is 1.28. The molecule has 1 aromatic rings. The highest BCUT2D eigenvalue weighted by molar-refractivity contribution is 5.94. The Kier molecular flexibility index (Phi) is 5.38. The molecule has 3 rings (SSSR count). The zero-order valence-electron chi connectivity index (χ0n) is 14.7. The fraction of sp³-hybridized carbons (Fsp3) is 0.500. The van der Waals surface area contributed by atoms with Crippen molar-refractivity contribution in [1.82, 2.24) is 10.2 Å². The zero-order valence-corrected chi connectivity index (χ0v) is 14.7. The summed E-state index contributed by atoms with van der Waals surface area (Å²) in [7, 11) is 0. The van der Waals surface area contributed by atoms with E-state index in [-0.39, 0.29) is 42.6 Å². The van der Waals surface area contributed by atoms with Gasteiger partial charge >= 0.3 is 5.97 Å². The lowest BCUT2D eigenvalue weighted by atomic mass is 9.92. The summed E-state index contributed by atoms with van der Waals surface area (Å²) >= 11 is 0. The number of nitro groups is 1. The van der Waals surface area contributed by atoms with E-state index in [4.69, 9.17) is 0 Å². The number of rotatable bonds is 7. The molecule has 2 fully saturated rings. The maximum absolute atomic E-state index is 12.3. The van der Waals surface area contributed by atoms with Crippen molar-refractivity contribution in [2.24, 2.45) is 17.8 Å². The average Bonchev–Trinajstić information content (AvgIpc) is 3.39. The molecule has 1 saturated carbocycles. The third kappa shape index (κ3) is 4.42. The second-order valence-corrected chi connectivity index (χ2v) is 7.05. The van der Waals surface area contributed by atoms with E-state index >= 15 is 0 Å². The van der Waals surface area contributed by atoms with Crippen LogP contribution in [-0.4, -0.2) is 52.3 Å². The Balaban J connectivity index is 1.47. The summed E-state index contributed by atoms with van der Waals surface area (Å²) in [5, 5.41) is 22.6. The van der Waals surface area contributed by atoms with Gasteiger partial charge in [-0.15, -0.1) is 0 Å². The molecule has 2 aliphatic rings. The van der Waals surface area contributed by atoms with Crippen molar-refractivity contribution in [3.05, 3.63) is 39.9 Å². The van der Waals surface area contributed by atoms with Crippen LogP contribution in [0.15, 0.2) is 24.3 Å². The lowest BCUT2D eigenvalue weighted by Gasteiger charge is -2.16. The molecule has 0 aromatic heterocycles. The molecule has 0 bridgehead atoms. The first-order chi connectivity index (χ1) is 12.9. The summed E-state index contributed by atoms with van der Waals surface area (Å²) < 4.78 is 0. The molecule has 2 atom stereocenters. The average molecular weight is 375 g/mol. The number of nitro benzene ring substituents is 1. The number of carbonyl (C=O) groups excluding carboxylic acids is 2. The van der Waals surface area contributed by atoms with E-state index in [9.17, 15) is 29.6 Å².